The second kappa shape index (κ2) is 10.2. The molecule has 0 aliphatic carbocycles. The first kappa shape index (κ1) is 22.5. The Morgan fingerprint density at radius 2 is 1.61 bits per heavy atom. The highest BCUT2D eigenvalue weighted by Crippen LogP contribution is 2.26. The van der Waals surface area contributed by atoms with Crippen LogP contribution in [0.1, 0.15) is 38.6 Å². The normalized spacial score (nSPS) is 11.4. The first-order chi connectivity index (χ1) is 14.8. The zero-order valence-electron chi connectivity index (χ0n) is 18.5. The van der Waals surface area contributed by atoms with Gasteiger partial charge in [0, 0.05) is 11.1 Å². The Bertz CT molecular complexity index is 973. The largest absolute Gasteiger partial charge is 0.469 e. The van der Waals surface area contributed by atoms with Crippen LogP contribution < -0.4 is 5.32 Å². The van der Waals surface area contributed by atoms with Gasteiger partial charge < -0.3 is 19.2 Å². The van der Waals surface area contributed by atoms with E-state index in [1.54, 1.807) is 0 Å². The van der Waals surface area contributed by atoms with E-state index < -0.39 is 0 Å². The highest BCUT2D eigenvalue weighted by atomic mass is 16.5. The van der Waals surface area contributed by atoms with E-state index in [0.29, 0.717) is 25.1 Å². The monoisotopic (exact) mass is 423 g/mol. The fourth-order valence-corrected chi connectivity index (χ4v) is 2.86. The number of rotatable bonds is 9. The molecule has 0 fully saturated rings. The average Bonchev–Trinajstić information content (AvgIpc) is 3.23. The summed E-state index contributed by atoms with van der Waals surface area (Å²) in [5.41, 5.74) is 4.14. The van der Waals surface area contributed by atoms with Crippen LogP contribution in [0.3, 0.4) is 0 Å². The second-order valence-electron chi connectivity index (χ2n) is 8.25. The Hall–Kier alpha value is -3.19. The fraction of sp³-hybridized carbons (Fsp3) is 0.375. The van der Waals surface area contributed by atoms with Gasteiger partial charge in [0.1, 0.15) is 0 Å². The smallest absolute Gasteiger partial charge is 0.320 e. The Balaban J connectivity index is 1.51. The molecular weight excluding hydrogens is 394 g/mol. The van der Waals surface area contributed by atoms with Crippen LogP contribution in [-0.4, -0.2) is 36.5 Å². The van der Waals surface area contributed by atoms with Crippen LogP contribution in [0.25, 0.3) is 11.1 Å². The Labute approximate surface area is 182 Å². The highest BCUT2D eigenvalue weighted by Gasteiger charge is 2.21. The van der Waals surface area contributed by atoms with E-state index in [-0.39, 0.29) is 17.8 Å². The number of ether oxygens (including phenoxy) is 2. The summed E-state index contributed by atoms with van der Waals surface area (Å²) in [4.78, 5) is 11.0. The summed E-state index contributed by atoms with van der Waals surface area (Å²) < 4.78 is 15.7. The van der Waals surface area contributed by atoms with E-state index in [0.717, 1.165) is 23.2 Å². The molecule has 2 aromatic carbocycles. The van der Waals surface area contributed by atoms with E-state index in [1.807, 2.05) is 45.0 Å². The molecule has 3 aromatic rings. The molecule has 164 valence electrons. The molecule has 0 atom stereocenters. The van der Waals surface area contributed by atoms with Gasteiger partial charge in [0.25, 0.3) is 0 Å². The molecule has 1 aromatic heterocycles. The molecule has 3 rings (SSSR count). The Kier molecular flexibility index (Phi) is 7.41. The molecule has 0 radical (unpaired) electrons. The third-order valence-electron chi connectivity index (χ3n) is 4.70. The molecule has 7 heteroatoms. The van der Waals surface area contributed by atoms with E-state index in [4.69, 9.17) is 9.15 Å². The van der Waals surface area contributed by atoms with Gasteiger partial charge in [-0.05, 0) is 35.2 Å². The maximum atomic E-state index is 11.0. The molecule has 0 bridgehead atoms. The maximum Gasteiger partial charge on any atom is 0.320 e. The van der Waals surface area contributed by atoms with Crippen molar-refractivity contribution in [3.63, 3.8) is 0 Å². The van der Waals surface area contributed by atoms with Crippen molar-refractivity contribution in [3.8, 4) is 11.1 Å². The van der Waals surface area contributed by atoms with Crippen LogP contribution in [0.5, 0.6) is 0 Å². The molecule has 31 heavy (non-hydrogen) atoms. The van der Waals surface area contributed by atoms with Crippen LogP contribution in [-0.2, 0) is 26.1 Å². The van der Waals surface area contributed by atoms with Crippen LogP contribution in [0.15, 0.2) is 52.9 Å². The molecule has 0 saturated heterocycles. The number of hydrogen-bond donors (Lipinski definition) is 1. The number of anilines is 2. The summed E-state index contributed by atoms with van der Waals surface area (Å²) in [6, 6.07) is 16.8. The van der Waals surface area contributed by atoms with E-state index in [2.05, 4.69) is 44.5 Å². The van der Waals surface area contributed by atoms with Gasteiger partial charge in [0.05, 0.1) is 26.7 Å². The lowest BCUT2D eigenvalue weighted by atomic mass is 9.97. The number of nitrogens with one attached hydrogen (secondary N) is 1. The van der Waals surface area contributed by atoms with Crippen molar-refractivity contribution in [2.45, 2.75) is 39.0 Å². The highest BCUT2D eigenvalue weighted by molar-refractivity contribution is 5.69. The molecule has 0 amide bonds. The minimum absolute atomic E-state index is 0.182. The van der Waals surface area contributed by atoms with Gasteiger partial charge >= 0.3 is 12.0 Å². The maximum absolute atomic E-state index is 11.0. The zero-order chi connectivity index (χ0) is 22.3. The molecule has 0 aliphatic rings. The van der Waals surface area contributed by atoms with Crippen molar-refractivity contribution in [1.29, 1.82) is 0 Å². The Morgan fingerprint density at radius 1 is 0.968 bits per heavy atom. The number of aromatic nitrogens is 2. The number of carbonyl (C=O) groups is 1. The van der Waals surface area contributed by atoms with Crippen LogP contribution >= 0.6 is 0 Å². The molecule has 0 saturated carbocycles. The summed E-state index contributed by atoms with van der Waals surface area (Å²) in [6.07, 6.45) is 1.08. The van der Waals surface area contributed by atoms with Gasteiger partial charge in [-0.1, -0.05) is 62.3 Å². The standard InChI is InChI=1S/C24H29N3O4/c1-24(2,3)22-26-27-23(31-22)25-20-11-9-19(10-12-20)18-7-5-17(6-8-18)13-15-30-16-14-21(28)29-4/h5-12H,13-16H2,1-4H3,(H,25,27). The number of carbonyl (C=O) groups excluding carboxylic acids is 1. The molecule has 0 unspecified atom stereocenters. The summed E-state index contributed by atoms with van der Waals surface area (Å²) in [7, 11) is 1.38. The quantitative estimate of drug-likeness (QED) is 0.387. The van der Waals surface area contributed by atoms with Crippen LogP contribution in [0.2, 0.25) is 0 Å². The number of methoxy groups -OCH3 is 1. The van der Waals surface area contributed by atoms with Crippen molar-refractivity contribution < 1.29 is 18.7 Å². The first-order valence-electron chi connectivity index (χ1n) is 10.3. The van der Waals surface area contributed by atoms with Crippen molar-refractivity contribution in [2.75, 3.05) is 25.6 Å². The van der Waals surface area contributed by atoms with Crippen molar-refractivity contribution >= 4 is 17.7 Å². The molecule has 0 aliphatic heterocycles. The van der Waals surface area contributed by atoms with E-state index >= 15 is 0 Å². The SMILES string of the molecule is COC(=O)CCOCCc1ccc(-c2ccc(Nc3nnc(C(C)(C)C)o3)cc2)cc1. The van der Waals surface area contributed by atoms with E-state index in [9.17, 15) is 4.79 Å². The zero-order valence-corrected chi connectivity index (χ0v) is 18.5. The van der Waals surface area contributed by atoms with Gasteiger partial charge in [0.15, 0.2) is 0 Å². The summed E-state index contributed by atoms with van der Waals surface area (Å²) in [5.74, 6) is 0.345. The summed E-state index contributed by atoms with van der Waals surface area (Å²) in [6.45, 7) is 7.04. The van der Waals surface area contributed by atoms with Gasteiger partial charge in [-0.25, -0.2) is 0 Å². The third-order valence-corrected chi connectivity index (χ3v) is 4.70. The molecule has 1 heterocycles. The molecular formula is C24H29N3O4. The second-order valence-corrected chi connectivity index (χ2v) is 8.25. The number of benzene rings is 2. The minimum atomic E-state index is -0.252. The lowest BCUT2D eigenvalue weighted by Crippen LogP contribution is -2.11. The van der Waals surface area contributed by atoms with Crippen LogP contribution in [0, 0.1) is 0 Å². The van der Waals surface area contributed by atoms with Crippen molar-refractivity contribution in [1.82, 2.24) is 10.2 Å². The number of hydrogen-bond acceptors (Lipinski definition) is 7. The van der Waals surface area contributed by atoms with Gasteiger partial charge in [-0.2, -0.15) is 0 Å². The van der Waals surface area contributed by atoms with E-state index in [1.165, 1.54) is 12.7 Å². The van der Waals surface area contributed by atoms with Gasteiger partial charge in [-0.15, -0.1) is 5.10 Å². The molecule has 0 spiro atoms. The molecule has 1 N–H and O–H groups in total. The van der Waals surface area contributed by atoms with Gasteiger partial charge in [0.2, 0.25) is 5.89 Å². The van der Waals surface area contributed by atoms with Crippen molar-refractivity contribution in [2.24, 2.45) is 0 Å². The fourth-order valence-electron chi connectivity index (χ4n) is 2.86. The Morgan fingerprint density at radius 3 is 2.19 bits per heavy atom. The van der Waals surface area contributed by atoms with Crippen LogP contribution in [0.4, 0.5) is 11.7 Å². The number of nitrogens with zero attached hydrogens (tertiary/aromatic N) is 2. The summed E-state index contributed by atoms with van der Waals surface area (Å²) >= 11 is 0. The molecule has 7 nitrogen and oxygen atoms in total. The topological polar surface area (TPSA) is 86.5 Å². The number of esters is 1. The summed E-state index contributed by atoms with van der Waals surface area (Å²) in [5, 5.41) is 11.3. The predicted octanol–water partition coefficient (Wildman–Crippen LogP) is 4.90. The van der Waals surface area contributed by atoms with Gasteiger partial charge in [-0.3, -0.25) is 4.79 Å². The average molecular weight is 424 g/mol. The first-order valence-corrected chi connectivity index (χ1v) is 10.3. The van der Waals surface area contributed by atoms with Crippen molar-refractivity contribution in [3.05, 3.63) is 60.0 Å². The predicted molar refractivity (Wildman–Crippen MR) is 119 cm³/mol. The lowest BCUT2D eigenvalue weighted by Gasteiger charge is -2.11. The minimum Gasteiger partial charge on any atom is -0.469 e. The lowest BCUT2D eigenvalue weighted by molar-refractivity contribution is -0.141. The third kappa shape index (κ3) is 6.65.